The van der Waals surface area contributed by atoms with Crippen molar-refractivity contribution in [1.82, 2.24) is 19.7 Å². The highest BCUT2D eigenvalue weighted by atomic mass is 15.3. The van der Waals surface area contributed by atoms with Gasteiger partial charge in [0.1, 0.15) is 5.82 Å². The maximum atomic E-state index is 5.98. The number of nitrogens with zero attached hydrogens (tertiary/aromatic N) is 5. The van der Waals surface area contributed by atoms with E-state index in [0.29, 0.717) is 11.8 Å². The molecule has 0 fully saturated rings. The Bertz CT molecular complexity index is 840. The monoisotopic (exact) mass is 325 g/mol. The van der Waals surface area contributed by atoms with E-state index in [0.717, 1.165) is 30.7 Å². The summed E-state index contributed by atoms with van der Waals surface area (Å²) >= 11 is 0. The van der Waals surface area contributed by atoms with Crippen molar-refractivity contribution in [3.05, 3.63) is 36.0 Å². The molecule has 0 atom stereocenters. The number of hydrogen-bond donors (Lipinski definition) is 2. The number of nitrogen functional groups attached to an aromatic ring is 1. The number of para-hydroxylation sites is 1. The van der Waals surface area contributed by atoms with Crippen molar-refractivity contribution in [2.75, 3.05) is 35.6 Å². The average Bonchev–Trinajstić information content (AvgIpc) is 2.94. The van der Waals surface area contributed by atoms with Crippen molar-refractivity contribution in [2.24, 2.45) is 7.05 Å². The second kappa shape index (κ2) is 6.74. The Morgan fingerprint density at radius 1 is 1.25 bits per heavy atom. The molecule has 24 heavy (non-hydrogen) atoms. The highest BCUT2D eigenvalue weighted by Crippen LogP contribution is 2.20. The van der Waals surface area contributed by atoms with Gasteiger partial charge in [0, 0.05) is 32.4 Å². The Labute approximate surface area is 141 Å². The van der Waals surface area contributed by atoms with Crippen LogP contribution in [0.15, 0.2) is 30.5 Å². The van der Waals surface area contributed by atoms with E-state index in [9.17, 15) is 0 Å². The molecule has 0 aliphatic heterocycles. The third-order valence-electron chi connectivity index (χ3n) is 4.12. The van der Waals surface area contributed by atoms with Gasteiger partial charge in [-0.1, -0.05) is 18.2 Å². The molecule has 0 radical (unpaired) electrons. The molecule has 3 N–H and O–H groups in total. The second-order valence-corrected chi connectivity index (χ2v) is 5.73. The Morgan fingerprint density at radius 3 is 2.79 bits per heavy atom. The summed E-state index contributed by atoms with van der Waals surface area (Å²) in [6, 6.07) is 8.41. The minimum absolute atomic E-state index is 0.446. The Balaban J connectivity index is 1.69. The van der Waals surface area contributed by atoms with Crippen LogP contribution in [-0.4, -0.2) is 39.4 Å². The van der Waals surface area contributed by atoms with Gasteiger partial charge < -0.3 is 16.0 Å². The van der Waals surface area contributed by atoms with Gasteiger partial charge in [-0.3, -0.25) is 4.68 Å². The first-order chi connectivity index (χ1) is 11.6. The number of anilines is 3. The van der Waals surface area contributed by atoms with Crippen molar-refractivity contribution < 1.29 is 0 Å². The minimum Gasteiger partial charge on any atom is -0.383 e. The highest BCUT2D eigenvalue weighted by Gasteiger charge is 2.10. The molecule has 126 valence electrons. The number of rotatable bonds is 6. The second-order valence-electron chi connectivity index (χ2n) is 5.73. The van der Waals surface area contributed by atoms with Crippen LogP contribution in [0.2, 0.25) is 0 Å². The van der Waals surface area contributed by atoms with E-state index in [1.807, 2.05) is 7.05 Å². The smallest absolute Gasteiger partial charge is 0.226 e. The van der Waals surface area contributed by atoms with Crippen LogP contribution < -0.4 is 16.0 Å². The maximum Gasteiger partial charge on any atom is 0.226 e. The molecule has 7 heteroatoms. The van der Waals surface area contributed by atoms with Crippen LogP contribution in [0, 0.1) is 6.92 Å². The normalized spacial score (nSPS) is 11.0. The molecule has 3 rings (SSSR count). The van der Waals surface area contributed by atoms with Crippen LogP contribution >= 0.6 is 0 Å². The van der Waals surface area contributed by atoms with Crippen molar-refractivity contribution in [3.8, 4) is 0 Å². The largest absolute Gasteiger partial charge is 0.383 e. The van der Waals surface area contributed by atoms with Crippen LogP contribution in [-0.2, 0) is 7.05 Å². The zero-order chi connectivity index (χ0) is 17.1. The maximum absolute atomic E-state index is 5.98. The van der Waals surface area contributed by atoms with Crippen molar-refractivity contribution in [1.29, 1.82) is 0 Å². The van der Waals surface area contributed by atoms with E-state index in [1.165, 1.54) is 11.3 Å². The Kier molecular flexibility index (Phi) is 4.50. The van der Waals surface area contributed by atoms with Gasteiger partial charge in [0.25, 0.3) is 0 Å². The van der Waals surface area contributed by atoms with Gasteiger partial charge in [-0.2, -0.15) is 15.1 Å². The van der Waals surface area contributed by atoms with E-state index in [4.69, 9.17) is 5.73 Å². The number of hydrogen-bond acceptors (Lipinski definition) is 6. The Hall–Kier alpha value is -2.83. The fourth-order valence-electron chi connectivity index (χ4n) is 2.79. The van der Waals surface area contributed by atoms with Crippen molar-refractivity contribution in [3.63, 3.8) is 0 Å². The van der Waals surface area contributed by atoms with Gasteiger partial charge in [0.15, 0.2) is 5.65 Å². The molecule has 0 aliphatic carbocycles. The van der Waals surface area contributed by atoms with Crippen LogP contribution in [0.3, 0.4) is 0 Å². The van der Waals surface area contributed by atoms with Gasteiger partial charge in [0.05, 0.1) is 11.6 Å². The van der Waals surface area contributed by atoms with E-state index in [-0.39, 0.29) is 0 Å². The quantitative estimate of drug-likeness (QED) is 0.723. The summed E-state index contributed by atoms with van der Waals surface area (Å²) in [5, 5.41) is 8.21. The number of benzene rings is 1. The van der Waals surface area contributed by atoms with Crippen LogP contribution in [0.4, 0.5) is 17.5 Å². The first-order valence-corrected chi connectivity index (χ1v) is 8.09. The van der Waals surface area contributed by atoms with Crippen LogP contribution in [0.25, 0.3) is 11.0 Å². The predicted octanol–water partition coefficient (Wildman–Crippen LogP) is 2.19. The average molecular weight is 325 g/mol. The van der Waals surface area contributed by atoms with Gasteiger partial charge in [-0.05, 0) is 25.5 Å². The lowest BCUT2D eigenvalue weighted by Crippen LogP contribution is -2.29. The molecule has 0 unspecified atom stereocenters. The van der Waals surface area contributed by atoms with Crippen LogP contribution in [0.5, 0.6) is 0 Å². The summed E-state index contributed by atoms with van der Waals surface area (Å²) in [6.45, 7) is 6.81. The fraction of sp³-hybridized carbons (Fsp3) is 0.353. The molecule has 2 aromatic heterocycles. The number of aryl methyl sites for hydroxylation is 2. The Morgan fingerprint density at radius 2 is 2.04 bits per heavy atom. The molecule has 7 nitrogen and oxygen atoms in total. The molecule has 0 amide bonds. The van der Waals surface area contributed by atoms with E-state index >= 15 is 0 Å². The molecule has 0 saturated heterocycles. The summed E-state index contributed by atoms with van der Waals surface area (Å²) in [5.74, 6) is 0.978. The molecule has 1 aromatic carbocycles. The number of aromatic nitrogens is 4. The van der Waals surface area contributed by atoms with Gasteiger partial charge in [0.2, 0.25) is 5.95 Å². The summed E-state index contributed by atoms with van der Waals surface area (Å²) in [7, 11) is 1.84. The lowest BCUT2D eigenvalue weighted by molar-refractivity contribution is 0.784. The zero-order valence-corrected chi connectivity index (χ0v) is 14.3. The third-order valence-corrected chi connectivity index (χ3v) is 4.12. The summed E-state index contributed by atoms with van der Waals surface area (Å²) in [5.41, 5.74) is 9.24. The summed E-state index contributed by atoms with van der Waals surface area (Å²) in [4.78, 5) is 11.1. The molecule has 0 aliphatic rings. The number of fused-ring (bicyclic) bond motifs is 1. The third kappa shape index (κ3) is 3.10. The summed E-state index contributed by atoms with van der Waals surface area (Å²) < 4.78 is 1.70. The number of nitrogens with two attached hydrogens (primary N) is 1. The van der Waals surface area contributed by atoms with Crippen LogP contribution in [0.1, 0.15) is 12.5 Å². The standard InChI is InChI=1S/C17H23N7/c1-4-24(14-8-6-5-7-12(14)2)10-9-19-17-21-15(18)13-11-20-23(3)16(13)22-17/h5-8,11H,4,9-10H2,1-3H3,(H3,18,19,21,22). The molecule has 0 saturated carbocycles. The topological polar surface area (TPSA) is 84.9 Å². The first kappa shape index (κ1) is 16.0. The zero-order valence-electron chi connectivity index (χ0n) is 14.3. The number of likely N-dealkylation sites (N-methyl/N-ethyl adjacent to an activating group) is 1. The summed E-state index contributed by atoms with van der Waals surface area (Å²) in [6.07, 6.45) is 1.69. The minimum atomic E-state index is 0.446. The molecule has 3 aromatic rings. The van der Waals surface area contributed by atoms with Gasteiger partial charge in [-0.25, -0.2) is 0 Å². The molecular formula is C17H23N7. The molecule has 0 bridgehead atoms. The molecule has 2 heterocycles. The van der Waals surface area contributed by atoms with Gasteiger partial charge >= 0.3 is 0 Å². The lowest BCUT2D eigenvalue weighted by Gasteiger charge is -2.25. The molecule has 0 spiro atoms. The fourth-order valence-corrected chi connectivity index (χ4v) is 2.79. The van der Waals surface area contributed by atoms with E-state index in [1.54, 1.807) is 10.9 Å². The molecular weight excluding hydrogens is 302 g/mol. The van der Waals surface area contributed by atoms with E-state index in [2.05, 4.69) is 63.4 Å². The highest BCUT2D eigenvalue weighted by molar-refractivity contribution is 5.86. The van der Waals surface area contributed by atoms with Crippen molar-refractivity contribution >= 4 is 28.5 Å². The predicted molar refractivity (Wildman–Crippen MR) is 98.3 cm³/mol. The first-order valence-electron chi connectivity index (χ1n) is 8.09. The van der Waals surface area contributed by atoms with Gasteiger partial charge in [-0.15, -0.1) is 0 Å². The SMILES string of the molecule is CCN(CCNc1nc(N)c2cnn(C)c2n1)c1ccccc1C. The van der Waals surface area contributed by atoms with E-state index < -0.39 is 0 Å². The van der Waals surface area contributed by atoms with Crippen molar-refractivity contribution in [2.45, 2.75) is 13.8 Å². The number of nitrogens with one attached hydrogen (secondary N) is 1. The lowest BCUT2D eigenvalue weighted by atomic mass is 10.2.